The molecule has 1 saturated heterocycles. The van der Waals surface area contributed by atoms with Gasteiger partial charge in [0.25, 0.3) is 5.91 Å². The molecule has 5 heteroatoms. The Bertz CT molecular complexity index is 437. The van der Waals surface area contributed by atoms with Crippen LogP contribution in [-0.4, -0.2) is 35.1 Å². The lowest BCUT2D eigenvalue weighted by molar-refractivity contribution is 0.0676. The zero-order valence-electron chi connectivity index (χ0n) is 9.20. The molecule has 17 heavy (non-hydrogen) atoms. The van der Waals surface area contributed by atoms with Gasteiger partial charge in [0.15, 0.2) is 0 Å². The molecule has 0 aliphatic carbocycles. The fourth-order valence-corrected chi connectivity index (χ4v) is 2.89. The second kappa shape index (κ2) is 5.50. The number of hydrogen-bond donors (Lipinski definition) is 1. The molecule has 2 rings (SSSR count). The Morgan fingerprint density at radius 1 is 1.47 bits per heavy atom. The molecule has 0 spiro atoms. The zero-order valence-corrected chi connectivity index (χ0v) is 12.4. The minimum Gasteiger partial charge on any atom is -0.394 e. The first kappa shape index (κ1) is 13.1. The van der Waals surface area contributed by atoms with E-state index < -0.39 is 0 Å². The SMILES string of the molecule is O=C(c1cc(Br)ccc1Br)N1CCCC1CO. The van der Waals surface area contributed by atoms with Crippen molar-refractivity contribution in [3.05, 3.63) is 32.7 Å². The first-order chi connectivity index (χ1) is 8.13. The number of carbonyl (C=O) groups excluding carboxylic acids is 1. The highest BCUT2D eigenvalue weighted by Gasteiger charge is 2.29. The van der Waals surface area contributed by atoms with Gasteiger partial charge in [0, 0.05) is 15.5 Å². The number of benzene rings is 1. The summed E-state index contributed by atoms with van der Waals surface area (Å²) in [5, 5.41) is 9.24. The van der Waals surface area contributed by atoms with E-state index in [-0.39, 0.29) is 18.6 Å². The van der Waals surface area contributed by atoms with Crippen molar-refractivity contribution in [3.63, 3.8) is 0 Å². The molecule has 1 unspecified atom stereocenters. The van der Waals surface area contributed by atoms with E-state index in [1.165, 1.54) is 0 Å². The molecule has 92 valence electrons. The molecular formula is C12H13Br2NO2. The molecule has 1 aromatic carbocycles. The molecule has 0 aromatic heterocycles. The van der Waals surface area contributed by atoms with Crippen LogP contribution in [0.2, 0.25) is 0 Å². The van der Waals surface area contributed by atoms with E-state index in [2.05, 4.69) is 31.9 Å². The van der Waals surface area contributed by atoms with Gasteiger partial charge in [0.1, 0.15) is 0 Å². The van der Waals surface area contributed by atoms with Crippen molar-refractivity contribution in [1.82, 2.24) is 4.90 Å². The Balaban J connectivity index is 2.27. The lowest BCUT2D eigenvalue weighted by Gasteiger charge is -2.23. The second-order valence-corrected chi connectivity index (χ2v) is 5.87. The van der Waals surface area contributed by atoms with E-state index in [0.29, 0.717) is 5.56 Å². The topological polar surface area (TPSA) is 40.5 Å². The standard InChI is InChI=1S/C12H13Br2NO2/c13-8-3-4-11(14)10(6-8)12(17)15-5-1-2-9(15)7-16/h3-4,6,9,16H,1-2,5,7H2. The van der Waals surface area contributed by atoms with E-state index in [0.717, 1.165) is 28.3 Å². The van der Waals surface area contributed by atoms with Crippen LogP contribution in [-0.2, 0) is 0 Å². The Hall–Kier alpha value is -0.390. The molecular weight excluding hydrogens is 350 g/mol. The highest BCUT2D eigenvalue weighted by Crippen LogP contribution is 2.26. The summed E-state index contributed by atoms with van der Waals surface area (Å²) >= 11 is 6.75. The number of aliphatic hydroxyl groups is 1. The van der Waals surface area contributed by atoms with Crippen LogP contribution in [0.25, 0.3) is 0 Å². The summed E-state index contributed by atoms with van der Waals surface area (Å²) in [4.78, 5) is 14.1. The number of hydrogen-bond acceptors (Lipinski definition) is 2. The quantitative estimate of drug-likeness (QED) is 0.878. The average Bonchev–Trinajstić information content (AvgIpc) is 2.79. The van der Waals surface area contributed by atoms with Crippen molar-refractivity contribution in [2.24, 2.45) is 0 Å². The van der Waals surface area contributed by atoms with Crippen LogP contribution >= 0.6 is 31.9 Å². The maximum absolute atomic E-state index is 12.4. The normalized spacial score (nSPS) is 19.7. The summed E-state index contributed by atoms with van der Waals surface area (Å²) in [6.45, 7) is 0.764. The Morgan fingerprint density at radius 3 is 2.94 bits per heavy atom. The third-order valence-corrected chi connectivity index (χ3v) is 4.19. The van der Waals surface area contributed by atoms with Crippen LogP contribution in [0.5, 0.6) is 0 Å². The molecule has 1 aliphatic heterocycles. The van der Waals surface area contributed by atoms with E-state index >= 15 is 0 Å². The molecule has 1 fully saturated rings. The third-order valence-electron chi connectivity index (χ3n) is 3.01. The number of likely N-dealkylation sites (tertiary alicyclic amines) is 1. The van der Waals surface area contributed by atoms with Crippen molar-refractivity contribution >= 4 is 37.8 Å². The van der Waals surface area contributed by atoms with E-state index in [4.69, 9.17) is 0 Å². The molecule has 1 N–H and O–H groups in total. The van der Waals surface area contributed by atoms with Crippen molar-refractivity contribution < 1.29 is 9.90 Å². The summed E-state index contributed by atoms with van der Waals surface area (Å²) in [5.74, 6) is -0.0188. The predicted octanol–water partition coefficient (Wildman–Crippen LogP) is 2.81. The van der Waals surface area contributed by atoms with E-state index in [9.17, 15) is 9.90 Å². The third kappa shape index (κ3) is 2.72. The minimum absolute atomic E-state index is 0.0188. The number of carbonyl (C=O) groups is 1. The van der Waals surface area contributed by atoms with Crippen molar-refractivity contribution in [1.29, 1.82) is 0 Å². The van der Waals surface area contributed by atoms with Crippen molar-refractivity contribution in [2.75, 3.05) is 13.2 Å². The van der Waals surface area contributed by atoms with Crippen molar-refractivity contribution in [2.45, 2.75) is 18.9 Å². The van der Waals surface area contributed by atoms with Crippen molar-refractivity contribution in [3.8, 4) is 0 Å². The molecule has 0 bridgehead atoms. The first-order valence-electron chi connectivity index (χ1n) is 5.50. The Labute approximate surface area is 117 Å². The lowest BCUT2D eigenvalue weighted by atomic mass is 10.2. The van der Waals surface area contributed by atoms with Crippen LogP contribution in [0.3, 0.4) is 0 Å². The van der Waals surface area contributed by atoms with Gasteiger partial charge >= 0.3 is 0 Å². The van der Waals surface area contributed by atoms with Crippen LogP contribution in [0.15, 0.2) is 27.1 Å². The summed E-state index contributed by atoms with van der Waals surface area (Å²) in [7, 11) is 0. The summed E-state index contributed by atoms with van der Waals surface area (Å²) in [6, 6.07) is 5.50. The molecule has 3 nitrogen and oxygen atoms in total. The number of aliphatic hydroxyl groups excluding tert-OH is 1. The molecule has 1 amide bonds. The lowest BCUT2D eigenvalue weighted by Crippen LogP contribution is -2.37. The predicted molar refractivity (Wildman–Crippen MR) is 73.0 cm³/mol. The molecule has 0 radical (unpaired) electrons. The summed E-state index contributed by atoms with van der Waals surface area (Å²) in [5.41, 5.74) is 0.639. The van der Waals surface area contributed by atoms with Gasteiger partial charge in [0.2, 0.25) is 0 Å². The van der Waals surface area contributed by atoms with Gasteiger partial charge in [-0.2, -0.15) is 0 Å². The number of nitrogens with zero attached hydrogens (tertiary/aromatic N) is 1. The van der Waals surface area contributed by atoms with Gasteiger partial charge in [0.05, 0.1) is 18.2 Å². The Morgan fingerprint density at radius 2 is 2.24 bits per heavy atom. The van der Waals surface area contributed by atoms with Gasteiger partial charge in [-0.15, -0.1) is 0 Å². The smallest absolute Gasteiger partial charge is 0.255 e. The molecule has 1 atom stereocenters. The number of amides is 1. The van der Waals surface area contributed by atoms with E-state index in [1.54, 1.807) is 11.0 Å². The number of halogens is 2. The van der Waals surface area contributed by atoms with Gasteiger partial charge in [-0.25, -0.2) is 0 Å². The van der Waals surface area contributed by atoms with Gasteiger partial charge < -0.3 is 10.0 Å². The highest BCUT2D eigenvalue weighted by molar-refractivity contribution is 9.11. The summed E-state index contributed by atoms with van der Waals surface area (Å²) in [6.07, 6.45) is 1.84. The largest absolute Gasteiger partial charge is 0.394 e. The van der Waals surface area contributed by atoms with Crippen LogP contribution in [0, 0.1) is 0 Å². The van der Waals surface area contributed by atoms with Crippen LogP contribution in [0.4, 0.5) is 0 Å². The molecule has 1 aromatic rings. The van der Waals surface area contributed by atoms with Crippen LogP contribution < -0.4 is 0 Å². The molecule has 0 saturated carbocycles. The zero-order chi connectivity index (χ0) is 12.4. The monoisotopic (exact) mass is 361 g/mol. The molecule has 1 aliphatic rings. The Kier molecular flexibility index (Phi) is 4.22. The fourth-order valence-electron chi connectivity index (χ4n) is 2.11. The second-order valence-electron chi connectivity index (χ2n) is 4.10. The van der Waals surface area contributed by atoms with Gasteiger partial charge in [-0.05, 0) is 47.0 Å². The number of rotatable bonds is 2. The van der Waals surface area contributed by atoms with Gasteiger partial charge in [-0.3, -0.25) is 4.79 Å². The average molecular weight is 363 g/mol. The maximum Gasteiger partial charge on any atom is 0.255 e. The summed E-state index contributed by atoms with van der Waals surface area (Å²) < 4.78 is 1.66. The first-order valence-corrected chi connectivity index (χ1v) is 7.09. The minimum atomic E-state index is -0.0339. The fraction of sp³-hybridized carbons (Fsp3) is 0.417. The molecule has 1 heterocycles. The van der Waals surface area contributed by atoms with E-state index in [1.807, 2.05) is 12.1 Å². The van der Waals surface area contributed by atoms with Gasteiger partial charge in [-0.1, -0.05) is 15.9 Å². The maximum atomic E-state index is 12.4. The highest BCUT2D eigenvalue weighted by atomic mass is 79.9. The van der Waals surface area contributed by atoms with Crippen LogP contribution in [0.1, 0.15) is 23.2 Å².